The molecule has 4 nitrogen and oxygen atoms in total. The van der Waals surface area contributed by atoms with E-state index in [0.29, 0.717) is 24.1 Å². The topological polar surface area (TPSA) is 72.2 Å². The molecule has 2 aliphatic rings. The van der Waals surface area contributed by atoms with Gasteiger partial charge in [0.25, 0.3) is 0 Å². The molecule has 1 atom stereocenters. The molecule has 0 aromatic rings. The summed E-state index contributed by atoms with van der Waals surface area (Å²) in [6.45, 7) is 0.416. The molecule has 3 N–H and O–H groups in total. The Balaban J connectivity index is 0.00000162. The average Bonchev–Trinajstić information content (AvgIpc) is 3.10. The number of hydrogen-bond donors (Lipinski definition) is 2. The summed E-state index contributed by atoms with van der Waals surface area (Å²) in [5, 5.41) is 0. The maximum Gasteiger partial charge on any atom is 0.211 e. The Morgan fingerprint density at radius 3 is 2.28 bits per heavy atom. The first-order valence-electron chi connectivity index (χ1n) is 6.80. The zero-order valence-corrected chi connectivity index (χ0v) is 12.4. The van der Waals surface area contributed by atoms with Gasteiger partial charge in [0.05, 0.1) is 5.75 Å². The van der Waals surface area contributed by atoms with Crippen LogP contribution in [0.25, 0.3) is 0 Å². The fourth-order valence-electron chi connectivity index (χ4n) is 2.64. The van der Waals surface area contributed by atoms with Crippen LogP contribution >= 0.6 is 12.4 Å². The molecular formula is C12H25ClN2O2S. The first-order chi connectivity index (χ1) is 8.07. The summed E-state index contributed by atoms with van der Waals surface area (Å²) in [5.74, 6) is 1.20. The third-order valence-electron chi connectivity index (χ3n) is 3.95. The Morgan fingerprint density at radius 2 is 1.72 bits per heavy atom. The SMILES string of the molecule is Cl.NC(CNS(=O)(=O)CC1CCCCC1)C1CC1. The standard InChI is InChI=1S/C12H24N2O2S.ClH/c13-12(11-6-7-11)8-14-17(15,16)9-10-4-2-1-3-5-10;/h10-12,14H,1-9,13H2;1H. The van der Waals surface area contributed by atoms with Crippen molar-refractivity contribution in [1.29, 1.82) is 0 Å². The molecule has 0 radical (unpaired) electrons. The minimum atomic E-state index is -3.11. The summed E-state index contributed by atoms with van der Waals surface area (Å²) in [5.41, 5.74) is 5.89. The van der Waals surface area contributed by atoms with Crippen molar-refractivity contribution in [2.75, 3.05) is 12.3 Å². The Labute approximate surface area is 117 Å². The van der Waals surface area contributed by atoms with Crippen LogP contribution in [-0.2, 0) is 10.0 Å². The van der Waals surface area contributed by atoms with E-state index in [0.717, 1.165) is 25.7 Å². The van der Waals surface area contributed by atoms with Crippen LogP contribution in [0.1, 0.15) is 44.9 Å². The molecule has 0 spiro atoms. The molecule has 2 aliphatic carbocycles. The summed E-state index contributed by atoms with van der Waals surface area (Å²) in [6.07, 6.45) is 8.07. The van der Waals surface area contributed by atoms with E-state index in [1.807, 2.05) is 0 Å². The highest BCUT2D eigenvalue weighted by Gasteiger charge is 2.29. The largest absolute Gasteiger partial charge is 0.326 e. The third-order valence-corrected chi connectivity index (χ3v) is 5.46. The van der Waals surface area contributed by atoms with Crippen molar-refractivity contribution in [3.8, 4) is 0 Å². The number of halogens is 1. The zero-order valence-electron chi connectivity index (χ0n) is 10.8. The highest BCUT2D eigenvalue weighted by Crippen LogP contribution is 2.31. The van der Waals surface area contributed by atoms with Crippen LogP contribution in [0.4, 0.5) is 0 Å². The molecule has 0 aromatic heterocycles. The van der Waals surface area contributed by atoms with Gasteiger partial charge in [-0.1, -0.05) is 19.3 Å². The molecule has 18 heavy (non-hydrogen) atoms. The van der Waals surface area contributed by atoms with Crippen LogP contribution in [0.15, 0.2) is 0 Å². The van der Waals surface area contributed by atoms with Crippen molar-refractivity contribution in [3.05, 3.63) is 0 Å². The molecule has 0 heterocycles. The van der Waals surface area contributed by atoms with E-state index in [2.05, 4.69) is 4.72 Å². The molecule has 2 rings (SSSR count). The van der Waals surface area contributed by atoms with Crippen molar-refractivity contribution >= 4 is 22.4 Å². The minimum Gasteiger partial charge on any atom is -0.326 e. The van der Waals surface area contributed by atoms with Crippen LogP contribution < -0.4 is 10.5 Å². The maximum absolute atomic E-state index is 11.9. The van der Waals surface area contributed by atoms with Crippen LogP contribution in [0, 0.1) is 11.8 Å². The van der Waals surface area contributed by atoms with Crippen molar-refractivity contribution in [2.45, 2.75) is 51.0 Å². The van der Waals surface area contributed by atoms with Gasteiger partial charge in [0.2, 0.25) is 10.0 Å². The van der Waals surface area contributed by atoms with E-state index in [-0.39, 0.29) is 18.4 Å². The van der Waals surface area contributed by atoms with E-state index in [1.165, 1.54) is 19.3 Å². The van der Waals surface area contributed by atoms with E-state index in [4.69, 9.17) is 5.73 Å². The van der Waals surface area contributed by atoms with E-state index in [9.17, 15) is 8.42 Å². The van der Waals surface area contributed by atoms with Crippen LogP contribution in [-0.4, -0.2) is 26.8 Å². The first-order valence-corrected chi connectivity index (χ1v) is 8.45. The van der Waals surface area contributed by atoms with E-state index >= 15 is 0 Å². The molecular weight excluding hydrogens is 272 g/mol. The zero-order chi connectivity index (χ0) is 12.3. The van der Waals surface area contributed by atoms with Gasteiger partial charge in [0.1, 0.15) is 0 Å². The van der Waals surface area contributed by atoms with Crippen LogP contribution in [0.3, 0.4) is 0 Å². The first kappa shape index (κ1) is 16.2. The Kier molecular flexibility index (Phi) is 6.38. The van der Waals surface area contributed by atoms with Gasteiger partial charge in [-0.2, -0.15) is 0 Å². The maximum atomic E-state index is 11.9. The molecule has 1 unspecified atom stereocenters. The number of rotatable bonds is 6. The minimum absolute atomic E-state index is 0. The average molecular weight is 297 g/mol. The van der Waals surface area contributed by atoms with Gasteiger partial charge in [-0.05, 0) is 37.5 Å². The van der Waals surface area contributed by atoms with Crippen LogP contribution in [0.2, 0.25) is 0 Å². The van der Waals surface area contributed by atoms with Crippen LogP contribution in [0.5, 0.6) is 0 Å². The van der Waals surface area contributed by atoms with Gasteiger partial charge in [-0.3, -0.25) is 0 Å². The monoisotopic (exact) mass is 296 g/mol. The fraction of sp³-hybridized carbons (Fsp3) is 1.00. The fourth-order valence-corrected chi connectivity index (χ4v) is 4.16. The third kappa shape index (κ3) is 5.43. The lowest BCUT2D eigenvalue weighted by Crippen LogP contribution is -2.40. The molecule has 108 valence electrons. The number of nitrogens with two attached hydrogens (primary N) is 1. The van der Waals surface area contributed by atoms with Crippen molar-refractivity contribution in [2.24, 2.45) is 17.6 Å². The second-order valence-electron chi connectivity index (χ2n) is 5.64. The summed E-state index contributed by atoms with van der Waals surface area (Å²) >= 11 is 0. The highest BCUT2D eigenvalue weighted by molar-refractivity contribution is 7.89. The molecule has 2 saturated carbocycles. The van der Waals surface area contributed by atoms with Crippen molar-refractivity contribution < 1.29 is 8.42 Å². The molecule has 0 amide bonds. The molecule has 0 saturated heterocycles. The van der Waals surface area contributed by atoms with Gasteiger partial charge in [-0.15, -0.1) is 12.4 Å². The summed E-state index contributed by atoms with van der Waals surface area (Å²) in [7, 11) is -3.11. The van der Waals surface area contributed by atoms with Crippen molar-refractivity contribution in [3.63, 3.8) is 0 Å². The summed E-state index contributed by atoms with van der Waals surface area (Å²) in [4.78, 5) is 0. The summed E-state index contributed by atoms with van der Waals surface area (Å²) in [6, 6.07) is 0.0103. The predicted octanol–water partition coefficient (Wildman–Crippen LogP) is 1.65. The molecule has 0 aromatic carbocycles. The molecule has 6 heteroatoms. The Bertz CT molecular complexity index is 338. The molecule has 2 fully saturated rings. The second kappa shape index (κ2) is 7.08. The quantitative estimate of drug-likeness (QED) is 0.783. The lowest BCUT2D eigenvalue weighted by molar-refractivity contribution is 0.383. The highest BCUT2D eigenvalue weighted by atomic mass is 35.5. The number of sulfonamides is 1. The number of hydrogen-bond acceptors (Lipinski definition) is 3. The Hall–Kier alpha value is 0.160. The van der Waals surface area contributed by atoms with Gasteiger partial charge in [0, 0.05) is 12.6 Å². The van der Waals surface area contributed by atoms with Gasteiger partial charge < -0.3 is 5.73 Å². The predicted molar refractivity (Wildman–Crippen MR) is 76.3 cm³/mol. The van der Waals surface area contributed by atoms with E-state index < -0.39 is 10.0 Å². The van der Waals surface area contributed by atoms with E-state index in [1.54, 1.807) is 0 Å². The van der Waals surface area contributed by atoms with Crippen molar-refractivity contribution in [1.82, 2.24) is 4.72 Å². The van der Waals surface area contributed by atoms with Gasteiger partial charge >= 0.3 is 0 Å². The normalized spacial score (nSPS) is 23.4. The number of nitrogens with one attached hydrogen (secondary N) is 1. The molecule has 0 bridgehead atoms. The molecule has 0 aliphatic heterocycles. The smallest absolute Gasteiger partial charge is 0.211 e. The lowest BCUT2D eigenvalue weighted by Gasteiger charge is -2.22. The second-order valence-corrected chi connectivity index (χ2v) is 7.49. The van der Waals surface area contributed by atoms with Gasteiger partial charge in [0.15, 0.2) is 0 Å². The summed E-state index contributed by atoms with van der Waals surface area (Å²) < 4.78 is 26.4. The lowest BCUT2D eigenvalue weighted by atomic mass is 9.91. The van der Waals surface area contributed by atoms with Gasteiger partial charge in [-0.25, -0.2) is 13.1 Å². The Morgan fingerprint density at radius 1 is 1.11 bits per heavy atom.